The van der Waals surface area contributed by atoms with Crippen LogP contribution in [-0.2, 0) is 6.54 Å². The van der Waals surface area contributed by atoms with Gasteiger partial charge in [0.05, 0.1) is 17.8 Å². The van der Waals surface area contributed by atoms with E-state index in [0.717, 1.165) is 11.1 Å². The van der Waals surface area contributed by atoms with E-state index in [4.69, 9.17) is 35.0 Å². The Morgan fingerprint density at radius 3 is 3.00 bits per heavy atom. The highest BCUT2D eigenvalue weighted by atomic mass is 35.5. The minimum absolute atomic E-state index is 0.0866. The van der Waals surface area contributed by atoms with Gasteiger partial charge in [-0.3, -0.25) is 4.68 Å². The summed E-state index contributed by atoms with van der Waals surface area (Å²) in [6.45, 7) is 3.40. The first kappa shape index (κ1) is 20.5. The standard InChI is InChI=1S/C21H23Cl2FN6O/c1-12(19-16(22)2-3-17(24)20(19)23)31-18-6-13(7-28-21(18)25)14-8-29-30(10-14)11-15-9-26-4-5-27-15/h2-3,6-8,10,12,15,26-27H,4-5,9,11H2,1H3,(H2,25,28)/t12-,15?/m1/s1/i4D/t4?,12-,15?. The fraction of sp³-hybridized carbons (Fsp3) is 0.333. The molecular weight excluding hydrogens is 442 g/mol. The quantitative estimate of drug-likeness (QED) is 0.481. The van der Waals surface area contributed by atoms with Gasteiger partial charge in [-0.1, -0.05) is 23.2 Å². The SMILES string of the molecule is [2H]C1CNC(Cn2cc(-c3cnc(N)c(O[C@H](C)c4c(Cl)ccc(F)c4Cl)c3)cn2)CN1. The molecule has 0 spiro atoms. The lowest BCUT2D eigenvalue weighted by atomic mass is 10.1. The smallest absolute Gasteiger partial charge is 0.166 e. The second-order valence-electron chi connectivity index (χ2n) is 7.29. The molecule has 1 fully saturated rings. The lowest BCUT2D eigenvalue weighted by Gasteiger charge is -2.24. The van der Waals surface area contributed by atoms with Gasteiger partial charge in [0.1, 0.15) is 11.9 Å². The van der Waals surface area contributed by atoms with Gasteiger partial charge in [0.2, 0.25) is 0 Å². The van der Waals surface area contributed by atoms with Crippen LogP contribution in [0.2, 0.25) is 10.0 Å². The normalized spacial score (nSPS) is 20.3. The van der Waals surface area contributed by atoms with Crippen molar-refractivity contribution >= 4 is 29.0 Å². The van der Waals surface area contributed by atoms with E-state index in [2.05, 4.69) is 20.7 Å². The molecule has 0 radical (unpaired) electrons. The van der Waals surface area contributed by atoms with Crippen LogP contribution in [0.1, 0.15) is 20.0 Å². The van der Waals surface area contributed by atoms with Crippen molar-refractivity contribution in [1.29, 1.82) is 0 Å². The van der Waals surface area contributed by atoms with Gasteiger partial charge < -0.3 is 21.1 Å². The summed E-state index contributed by atoms with van der Waals surface area (Å²) in [5, 5.41) is 11.1. The highest BCUT2D eigenvalue weighted by Gasteiger charge is 2.20. The summed E-state index contributed by atoms with van der Waals surface area (Å²) in [6, 6.07) is 4.59. The molecule has 7 nitrogen and oxygen atoms in total. The summed E-state index contributed by atoms with van der Waals surface area (Å²) in [5.74, 6) is -0.0486. The molecule has 0 bridgehead atoms. The van der Waals surface area contributed by atoms with E-state index in [-0.39, 0.29) is 23.4 Å². The van der Waals surface area contributed by atoms with Crippen molar-refractivity contribution in [1.82, 2.24) is 25.4 Å². The number of pyridine rings is 1. The Labute approximate surface area is 191 Å². The van der Waals surface area contributed by atoms with E-state index in [1.807, 2.05) is 10.9 Å². The fourth-order valence-corrected chi connectivity index (χ4v) is 4.11. The van der Waals surface area contributed by atoms with E-state index < -0.39 is 11.9 Å². The first-order chi connectivity index (χ1) is 15.3. The number of anilines is 1. The maximum atomic E-state index is 13.9. The lowest BCUT2D eigenvalue weighted by Crippen LogP contribution is -2.50. The molecule has 2 aromatic heterocycles. The van der Waals surface area contributed by atoms with Crippen molar-refractivity contribution in [2.45, 2.75) is 25.6 Å². The van der Waals surface area contributed by atoms with Gasteiger partial charge in [0.15, 0.2) is 11.6 Å². The topological polar surface area (TPSA) is 90.0 Å². The summed E-state index contributed by atoms with van der Waals surface area (Å²) in [5.41, 5.74) is 7.97. The van der Waals surface area contributed by atoms with Gasteiger partial charge in [-0.15, -0.1) is 0 Å². The number of nitrogens with one attached hydrogen (secondary N) is 2. The molecule has 10 heteroatoms. The second-order valence-corrected chi connectivity index (χ2v) is 8.08. The maximum Gasteiger partial charge on any atom is 0.166 e. The van der Waals surface area contributed by atoms with E-state index in [1.165, 1.54) is 12.1 Å². The molecule has 3 atom stereocenters. The van der Waals surface area contributed by atoms with Crippen LogP contribution in [0.5, 0.6) is 5.75 Å². The van der Waals surface area contributed by atoms with Crippen molar-refractivity contribution in [3.63, 3.8) is 0 Å². The molecular formula is C21H23Cl2FN6O. The van der Waals surface area contributed by atoms with Gasteiger partial charge in [0, 0.05) is 61.1 Å². The molecule has 4 N–H and O–H groups in total. The zero-order chi connectivity index (χ0) is 22.8. The number of nitrogens with zero attached hydrogens (tertiary/aromatic N) is 3. The number of nitrogen functional groups attached to an aromatic ring is 1. The van der Waals surface area contributed by atoms with E-state index in [1.54, 1.807) is 25.4 Å². The Hall–Kier alpha value is -2.39. The molecule has 0 aliphatic carbocycles. The molecule has 2 unspecified atom stereocenters. The molecule has 0 saturated carbocycles. The van der Waals surface area contributed by atoms with Gasteiger partial charge in [-0.2, -0.15) is 5.10 Å². The number of halogens is 3. The van der Waals surface area contributed by atoms with Crippen LogP contribution in [0.15, 0.2) is 36.8 Å². The van der Waals surface area contributed by atoms with Crippen LogP contribution in [0.3, 0.4) is 0 Å². The van der Waals surface area contributed by atoms with Crippen molar-refractivity contribution in [2.75, 3.05) is 25.3 Å². The third-order valence-electron chi connectivity index (χ3n) is 5.06. The largest absolute Gasteiger partial charge is 0.482 e. The summed E-state index contributed by atoms with van der Waals surface area (Å²) < 4.78 is 29.4. The summed E-state index contributed by atoms with van der Waals surface area (Å²) in [7, 11) is 0. The van der Waals surface area contributed by atoms with E-state index in [9.17, 15) is 4.39 Å². The van der Waals surface area contributed by atoms with Gasteiger partial charge in [-0.25, -0.2) is 9.37 Å². The number of benzene rings is 1. The maximum absolute atomic E-state index is 13.9. The van der Waals surface area contributed by atoms with Gasteiger partial charge in [-0.05, 0) is 25.1 Å². The second kappa shape index (κ2) is 9.40. The van der Waals surface area contributed by atoms with Crippen molar-refractivity contribution in [2.24, 2.45) is 0 Å². The summed E-state index contributed by atoms with van der Waals surface area (Å²) in [6.07, 6.45) is 4.64. The molecule has 3 aromatic rings. The Kier molecular flexibility index (Phi) is 6.22. The predicted octanol–water partition coefficient (Wildman–Crippen LogP) is 3.67. The first-order valence-electron chi connectivity index (χ1n) is 10.4. The van der Waals surface area contributed by atoms with Crippen LogP contribution in [-0.4, -0.2) is 40.4 Å². The van der Waals surface area contributed by atoms with E-state index in [0.29, 0.717) is 36.0 Å². The van der Waals surface area contributed by atoms with Crippen molar-refractivity contribution < 1.29 is 10.5 Å². The summed E-state index contributed by atoms with van der Waals surface area (Å²) >= 11 is 12.3. The molecule has 1 aliphatic heterocycles. The molecule has 164 valence electrons. The van der Waals surface area contributed by atoms with Crippen LogP contribution in [0.4, 0.5) is 10.2 Å². The third kappa shape index (κ3) is 4.93. The highest BCUT2D eigenvalue weighted by Crippen LogP contribution is 2.36. The van der Waals surface area contributed by atoms with Gasteiger partial charge >= 0.3 is 0 Å². The minimum atomic E-state index is -0.654. The number of hydrogen-bond donors (Lipinski definition) is 3. The van der Waals surface area contributed by atoms with Crippen LogP contribution in [0.25, 0.3) is 11.1 Å². The molecule has 1 aliphatic rings. The third-order valence-corrected chi connectivity index (χ3v) is 5.78. The zero-order valence-electron chi connectivity index (χ0n) is 17.8. The first-order valence-corrected chi connectivity index (χ1v) is 10.5. The van der Waals surface area contributed by atoms with Crippen LogP contribution >= 0.6 is 23.2 Å². The van der Waals surface area contributed by atoms with Gasteiger partial charge in [0.25, 0.3) is 0 Å². The average molecular weight is 466 g/mol. The minimum Gasteiger partial charge on any atom is -0.482 e. The Morgan fingerprint density at radius 1 is 1.39 bits per heavy atom. The molecule has 1 saturated heterocycles. The molecule has 1 aromatic carbocycles. The van der Waals surface area contributed by atoms with Crippen LogP contribution < -0.4 is 21.1 Å². The van der Waals surface area contributed by atoms with Crippen molar-refractivity contribution in [3.05, 3.63) is 58.2 Å². The average Bonchev–Trinajstić information content (AvgIpc) is 3.23. The molecule has 31 heavy (non-hydrogen) atoms. The monoisotopic (exact) mass is 465 g/mol. The Balaban J connectivity index is 1.51. The Bertz CT molecular complexity index is 1110. The number of piperazine rings is 1. The van der Waals surface area contributed by atoms with E-state index >= 15 is 0 Å². The number of rotatable bonds is 6. The molecule has 3 heterocycles. The molecule has 4 rings (SSSR count). The number of ether oxygens (including phenoxy) is 1. The lowest BCUT2D eigenvalue weighted by molar-refractivity contribution is 0.227. The number of hydrogen-bond acceptors (Lipinski definition) is 6. The highest BCUT2D eigenvalue weighted by molar-refractivity contribution is 6.36. The molecule has 0 amide bonds. The Morgan fingerprint density at radius 2 is 2.23 bits per heavy atom. The zero-order valence-corrected chi connectivity index (χ0v) is 18.3. The number of aromatic nitrogens is 3. The predicted molar refractivity (Wildman–Crippen MR) is 120 cm³/mol. The van der Waals surface area contributed by atoms with Crippen molar-refractivity contribution in [3.8, 4) is 16.9 Å². The number of nitrogens with two attached hydrogens (primary N) is 1. The fourth-order valence-electron chi connectivity index (χ4n) is 3.44. The van der Waals surface area contributed by atoms with Crippen LogP contribution in [0, 0.1) is 5.82 Å². The summed E-state index contributed by atoms with van der Waals surface area (Å²) in [4.78, 5) is 4.23.